The van der Waals surface area contributed by atoms with E-state index in [1.54, 1.807) is 4.80 Å². The van der Waals surface area contributed by atoms with Crippen molar-refractivity contribution in [3.05, 3.63) is 182 Å². The van der Waals surface area contributed by atoms with Crippen molar-refractivity contribution in [1.29, 1.82) is 0 Å². The molecule has 248 valence electrons. The summed E-state index contributed by atoms with van der Waals surface area (Å²) in [6.07, 6.45) is 0. The number of aromatic nitrogens is 3. The molecule has 0 atom stereocenters. The quantitative estimate of drug-likeness (QED) is 0.170. The first-order valence-corrected chi connectivity index (χ1v) is 17.8. The molecular formula is C48H30N4O. The molecule has 9 aromatic carbocycles. The van der Waals surface area contributed by atoms with E-state index < -0.39 is 0 Å². The highest BCUT2D eigenvalue weighted by atomic mass is 16.3. The van der Waals surface area contributed by atoms with Gasteiger partial charge in [-0.25, -0.2) is 0 Å². The summed E-state index contributed by atoms with van der Waals surface area (Å²) in [5, 5.41) is 19.1. The summed E-state index contributed by atoms with van der Waals surface area (Å²) >= 11 is 0. The molecule has 0 N–H and O–H groups in total. The van der Waals surface area contributed by atoms with Gasteiger partial charge in [0, 0.05) is 39.3 Å². The van der Waals surface area contributed by atoms with Crippen LogP contribution in [-0.2, 0) is 0 Å². The van der Waals surface area contributed by atoms with Crippen LogP contribution in [0.15, 0.2) is 186 Å². The second kappa shape index (κ2) is 11.7. The Morgan fingerprint density at radius 3 is 1.94 bits per heavy atom. The van der Waals surface area contributed by atoms with E-state index in [4.69, 9.17) is 14.6 Å². The fourth-order valence-electron chi connectivity index (χ4n) is 7.87. The lowest BCUT2D eigenvalue weighted by molar-refractivity contribution is 0.669. The third kappa shape index (κ3) is 4.79. The molecule has 2 heterocycles. The lowest BCUT2D eigenvalue weighted by Gasteiger charge is -2.25. The van der Waals surface area contributed by atoms with Gasteiger partial charge in [0.05, 0.1) is 5.69 Å². The molecule has 0 radical (unpaired) electrons. The van der Waals surface area contributed by atoms with Gasteiger partial charge in [-0.05, 0) is 105 Å². The van der Waals surface area contributed by atoms with Gasteiger partial charge in [-0.2, -0.15) is 4.80 Å². The molecule has 0 aliphatic rings. The Morgan fingerprint density at radius 2 is 1.08 bits per heavy atom. The summed E-state index contributed by atoms with van der Waals surface area (Å²) in [5.41, 5.74) is 9.93. The van der Waals surface area contributed by atoms with Gasteiger partial charge in [-0.15, -0.1) is 10.2 Å². The predicted molar refractivity (Wildman–Crippen MR) is 219 cm³/mol. The van der Waals surface area contributed by atoms with Gasteiger partial charge in [0.1, 0.15) is 22.2 Å². The molecule has 5 heteroatoms. The molecule has 0 fully saturated rings. The van der Waals surface area contributed by atoms with Gasteiger partial charge in [0.2, 0.25) is 0 Å². The first-order valence-electron chi connectivity index (χ1n) is 17.8. The molecule has 0 bridgehead atoms. The largest absolute Gasteiger partial charge is 0.456 e. The number of anilines is 3. The highest BCUT2D eigenvalue weighted by molar-refractivity contribution is 6.20. The molecule has 0 saturated heterocycles. The van der Waals surface area contributed by atoms with E-state index in [9.17, 15) is 0 Å². The van der Waals surface area contributed by atoms with Crippen molar-refractivity contribution in [2.75, 3.05) is 4.90 Å². The summed E-state index contributed by atoms with van der Waals surface area (Å²) in [6.45, 7) is 0. The van der Waals surface area contributed by atoms with Gasteiger partial charge in [-0.1, -0.05) is 109 Å². The van der Waals surface area contributed by atoms with Gasteiger partial charge in [0.15, 0.2) is 0 Å². The summed E-state index contributed by atoms with van der Waals surface area (Å²) in [6, 6.07) is 64.0. The zero-order chi connectivity index (χ0) is 34.9. The van der Waals surface area contributed by atoms with Crippen LogP contribution in [0.4, 0.5) is 17.1 Å². The predicted octanol–water partition coefficient (Wildman–Crippen LogP) is 12.9. The summed E-state index contributed by atoms with van der Waals surface area (Å²) in [5.74, 6) is 0. The monoisotopic (exact) mass is 678 g/mol. The number of nitrogens with zero attached hydrogens (tertiary/aromatic N) is 4. The Hall–Kier alpha value is -7.24. The number of fused-ring (bicyclic) bond motifs is 10. The van der Waals surface area contributed by atoms with E-state index in [-0.39, 0.29) is 0 Å². The number of para-hydroxylation sites is 2. The molecule has 2 aromatic heterocycles. The highest BCUT2D eigenvalue weighted by Crippen LogP contribution is 2.41. The maximum Gasteiger partial charge on any atom is 0.137 e. The number of hydrogen-bond acceptors (Lipinski definition) is 4. The van der Waals surface area contributed by atoms with Crippen LogP contribution in [0, 0.1) is 0 Å². The maximum atomic E-state index is 6.48. The van der Waals surface area contributed by atoms with E-state index in [0.29, 0.717) is 0 Å². The number of hydrogen-bond donors (Lipinski definition) is 0. The van der Waals surface area contributed by atoms with E-state index in [1.807, 2.05) is 30.3 Å². The van der Waals surface area contributed by atoms with Crippen molar-refractivity contribution in [2.45, 2.75) is 0 Å². The zero-order valence-corrected chi connectivity index (χ0v) is 28.5. The second-order valence-electron chi connectivity index (χ2n) is 13.5. The van der Waals surface area contributed by atoms with Crippen LogP contribution in [0.3, 0.4) is 0 Å². The van der Waals surface area contributed by atoms with Crippen LogP contribution in [0.1, 0.15) is 0 Å². The van der Waals surface area contributed by atoms with Crippen LogP contribution in [0.2, 0.25) is 0 Å². The third-order valence-electron chi connectivity index (χ3n) is 10.4. The number of rotatable bonds is 5. The summed E-state index contributed by atoms with van der Waals surface area (Å²) in [7, 11) is 0. The van der Waals surface area contributed by atoms with E-state index in [2.05, 4.69) is 157 Å². The maximum absolute atomic E-state index is 6.48. The minimum absolute atomic E-state index is 0.868. The van der Waals surface area contributed by atoms with Crippen molar-refractivity contribution >= 4 is 82.4 Å². The summed E-state index contributed by atoms with van der Waals surface area (Å²) in [4.78, 5) is 4.02. The van der Waals surface area contributed by atoms with Gasteiger partial charge in [-0.3, -0.25) is 0 Å². The summed E-state index contributed by atoms with van der Waals surface area (Å²) < 4.78 is 6.48. The molecule has 0 aliphatic carbocycles. The first-order chi connectivity index (χ1) is 26.2. The highest BCUT2D eigenvalue weighted by Gasteiger charge is 2.17. The normalized spacial score (nSPS) is 11.8. The lowest BCUT2D eigenvalue weighted by Crippen LogP contribution is -2.09. The van der Waals surface area contributed by atoms with Gasteiger partial charge in [0.25, 0.3) is 0 Å². The Balaban J connectivity index is 1.01. The standard InChI is InChI=1S/C48H30N4O/c1-3-10-36(11-4-1)51(39-25-26-41-45(30-39)53-44-28-22-32-9-7-8-14-40(32)47(41)44)37-23-19-31(20-24-37)35-18-16-33-15-17-34-21-27-43-48(46(34)42(33)29-35)50-52(49-43)38-12-5-2-6-13-38/h1-30H. The average Bonchev–Trinajstić information content (AvgIpc) is 3.84. The van der Waals surface area contributed by atoms with Crippen molar-refractivity contribution in [3.63, 3.8) is 0 Å². The average molecular weight is 679 g/mol. The molecule has 0 saturated carbocycles. The molecule has 0 amide bonds. The minimum Gasteiger partial charge on any atom is -0.456 e. The zero-order valence-electron chi connectivity index (χ0n) is 28.5. The van der Waals surface area contributed by atoms with Crippen molar-refractivity contribution < 1.29 is 4.42 Å². The van der Waals surface area contributed by atoms with Crippen molar-refractivity contribution in [2.24, 2.45) is 0 Å². The molecule has 0 unspecified atom stereocenters. The lowest BCUT2D eigenvalue weighted by atomic mass is 9.96. The van der Waals surface area contributed by atoms with Crippen LogP contribution < -0.4 is 4.90 Å². The minimum atomic E-state index is 0.868. The first kappa shape index (κ1) is 29.5. The number of benzene rings is 9. The SMILES string of the molecule is c1ccc(N(c2ccc(-c3ccc4ccc5ccc6nn(-c7ccccc7)nc6c5c4c3)cc2)c2ccc3c(c2)oc2ccc4ccccc4c23)cc1. The fourth-order valence-corrected chi connectivity index (χ4v) is 7.87. The Bertz CT molecular complexity index is 3160. The molecule has 11 aromatic rings. The molecule has 5 nitrogen and oxygen atoms in total. The molecule has 53 heavy (non-hydrogen) atoms. The van der Waals surface area contributed by atoms with Crippen LogP contribution in [-0.4, -0.2) is 15.0 Å². The van der Waals surface area contributed by atoms with Gasteiger partial charge < -0.3 is 9.32 Å². The van der Waals surface area contributed by atoms with Crippen molar-refractivity contribution in [1.82, 2.24) is 15.0 Å². The smallest absolute Gasteiger partial charge is 0.137 e. The second-order valence-corrected chi connectivity index (χ2v) is 13.5. The Labute approximate surface area is 304 Å². The number of furan rings is 1. The Morgan fingerprint density at radius 1 is 0.415 bits per heavy atom. The van der Waals surface area contributed by atoms with E-state index in [0.717, 1.165) is 83.0 Å². The van der Waals surface area contributed by atoms with Crippen LogP contribution in [0.5, 0.6) is 0 Å². The molecule has 11 rings (SSSR count). The van der Waals surface area contributed by atoms with E-state index >= 15 is 0 Å². The molecule has 0 aliphatic heterocycles. The third-order valence-corrected chi connectivity index (χ3v) is 10.4. The topological polar surface area (TPSA) is 47.1 Å². The Kier molecular flexibility index (Phi) is 6.48. The van der Waals surface area contributed by atoms with Crippen LogP contribution >= 0.6 is 0 Å². The van der Waals surface area contributed by atoms with Crippen molar-refractivity contribution in [3.8, 4) is 16.8 Å². The molecule has 0 spiro atoms. The van der Waals surface area contributed by atoms with E-state index in [1.165, 1.54) is 16.2 Å². The van der Waals surface area contributed by atoms with Gasteiger partial charge >= 0.3 is 0 Å². The molecular weight excluding hydrogens is 649 g/mol. The van der Waals surface area contributed by atoms with Crippen LogP contribution in [0.25, 0.3) is 82.1 Å². The fraction of sp³-hybridized carbons (Fsp3) is 0.